The van der Waals surface area contributed by atoms with E-state index in [9.17, 15) is 4.39 Å². The lowest BCUT2D eigenvalue weighted by molar-refractivity contribution is 0.575. The number of aryl methyl sites for hydroxylation is 1. The number of hydrogen-bond acceptors (Lipinski definition) is 1. The maximum atomic E-state index is 14.0. The first-order chi connectivity index (χ1) is 9.02. The van der Waals surface area contributed by atoms with E-state index in [4.69, 9.17) is 11.6 Å². The van der Waals surface area contributed by atoms with Gasteiger partial charge in [0.15, 0.2) is 0 Å². The lowest BCUT2D eigenvalue weighted by Gasteiger charge is -2.19. The first-order valence-corrected chi connectivity index (χ1v) is 7.08. The van der Waals surface area contributed by atoms with Gasteiger partial charge in [0.2, 0.25) is 0 Å². The number of nitrogens with one attached hydrogen (secondary N) is 1. The van der Waals surface area contributed by atoms with Crippen LogP contribution in [0.5, 0.6) is 0 Å². The van der Waals surface area contributed by atoms with Gasteiger partial charge in [-0.05, 0) is 49.4 Å². The highest BCUT2D eigenvalue weighted by molar-refractivity contribution is 9.10. The SMILES string of the molecule is CNC(c1ccc(C)c(Cl)c1)c1cc(Br)ccc1F. The third-order valence-electron chi connectivity index (χ3n) is 3.09. The second-order valence-corrected chi connectivity index (χ2v) is 5.72. The maximum Gasteiger partial charge on any atom is 0.128 e. The van der Waals surface area contributed by atoms with Gasteiger partial charge >= 0.3 is 0 Å². The molecule has 2 aromatic rings. The average Bonchev–Trinajstić information content (AvgIpc) is 2.38. The molecule has 1 N–H and O–H groups in total. The van der Waals surface area contributed by atoms with Gasteiger partial charge in [-0.1, -0.05) is 39.7 Å². The van der Waals surface area contributed by atoms with Gasteiger partial charge in [-0.15, -0.1) is 0 Å². The molecule has 0 saturated heterocycles. The Morgan fingerprint density at radius 2 is 1.95 bits per heavy atom. The molecule has 2 rings (SSSR count). The molecule has 0 radical (unpaired) electrons. The van der Waals surface area contributed by atoms with Gasteiger partial charge in [-0.3, -0.25) is 0 Å². The molecule has 100 valence electrons. The van der Waals surface area contributed by atoms with Crippen LogP contribution in [0.25, 0.3) is 0 Å². The summed E-state index contributed by atoms with van der Waals surface area (Å²) >= 11 is 9.51. The van der Waals surface area contributed by atoms with Gasteiger partial charge in [-0.25, -0.2) is 4.39 Å². The Bertz CT molecular complexity index is 601. The van der Waals surface area contributed by atoms with Gasteiger partial charge in [0.1, 0.15) is 5.82 Å². The summed E-state index contributed by atoms with van der Waals surface area (Å²) in [6.45, 7) is 1.94. The topological polar surface area (TPSA) is 12.0 Å². The fraction of sp³-hybridized carbons (Fsp3) is 0.200. The minimum atomic E-state index is -0.237. The summed E-state index contributed by atoms with van der Waals surface area (Å²) in [6.07, 6.45) is 0. The van der Waals surface area contributed by atoms with Crippen molar-refractivity contribution in [2.45, 2.75) is 13.0 Å². The molecule has 0 fully saturated rings. The highest BCUT2D eigenvalue weighted by atomic mass is 79.9. The van der Waals surface area contributed by atoms with E-state index in [2.05, 4.69) is 21.2 Å². The van der Waals surface area contributed by atoms with E-state index >= 15 is 0 Å². The molecule has 1 nitrogen and oxygen atoms in total. The Kier molecular flexibility index (Phi) is 4.61. The van der Waals surface area contributed by atoms with Crippen molar-refractivity contribution in [3.63, 3.8) is 0 Å². The molecule has 0 aliphatic carbocycles. The molecule has 2 aromatic carbocycles. The van der Waals surface area contributed by atoms with E-state index in [0.717, 1.165) is 15.6 Å². The van der Waals surface area contributed by atoms with Crippen molar-refractivity contribution in [3.05, 3.63) is 68.4 Å². The van der Waals surface area contributed by atoms with E-state index in [-0.39, 0.29) is 11.9 Å². The Balaban J connectivity index is 2.49. The Morgan fingerprint density at radius 3 is 2.58 bits per heavy atom. The number of rotatable bonds is 3. The standard InChI is InChI=1S/C15H14BrClFN/c1-9-3-4-10(7-13(9)17)15(19-2)12-8-11(16)5-6-14(12)18/h3-8,15,19H,1-2H3. The largest absolute Gasteiger partial charge is 0.309 e. The summed E-state index contributed by atoms with van der Waals surface area (Å²) in [7, 11) is 1.80. The van der Waals surface area contributed by atoms with Crippen molar-refractivity contribution < 1.29 is 4.39 Å². The van der Waals surface area contributed by atoms with E-state index in [1.807, 2.05) is 25.1 Å². The first-order valence-electron chi connectivity index (χ1n) is 5.91. The number of halogens is 3. The molecule has 0 heterocycles. The molecule has 0 aromatic heterocycles. The molecule has 0 bridgehead atoms. The summed E-state index contributed by atoms with van der Waals surface area (Å²) in [5.41, 5.74) is 2.54. The summed E-state index contributed by atoms with van der Waals surface area (Å²) in [4.78, 5) is 0. The van der Waals surface area contributed by atoms with Crippen molar-refractivity contribution in [1.29, 1.82) is 0 Å². The normalized spacial score (nSPS) is 12.5. The molecular formula is C15H14BrClFN. The summed E-state index contributed by atoms with van der Waals surface area (Å²) in [6, 6.07) is 10.5. The smallest absolute Gasteiger partial charge is 0.128 e. The van der Waals surface area contributed by atoms with Crippen molar-refractivity contribution in [3.8, 4) is 0 Å². The number of hydrogen-bond donors (Lipinski definition) is 1. The fourth-order valence-corrected chi connectivity index (χ4v) is 2.59. The van der Waals surface area contributed by atoms with E-state index < -0.39 is 0 Å². The molecule has 4 heteroatoms. The lowest BCUT2D eigenvalue weighted by atomic mass is 9.97. The van der Waals surface area contributed by atoms with Crippen LogP contribution in [-0.4, -0.2) is 7.05 Å². The van der Waals surface area contributed by atoms with Gasteiger partial charge in [0, 0.05) is 15.1 Å². The van der Waals surface area contributed by atoms with Gasteiger partial charge in [0.25, 0.3) is 0 Å². The highest BCUT2D eigenvalue weighted by Crippen LogP contribution is 2.29. The summed E-state index contributed by atoms with van der Waals surface area (Å²) in [5.74, 6) is -0.237. The Labute approximate surface area is 125 Å². The maximum absolute atomic E-state index is 14.0. The fourth-order valence-electron chi connectivity index (χ4n) is 2.03. The third-order valence-corrected chi connectivity index (χ3v) is 3.99. The zero-order chi connectivity index (χ0) is 14.0. The van der Waals surface area contributed by atoms with E-state index in [1.165, 1.54) is 6.07 Å². The Hall–Kier alpha value is -0.900. The Morgan fingerprint density at radius 1 is 1.21 bits per heavy atom. The molecule has 1 atom stereocenters. The monoisotopic (exact) mass is 341 g/mol. The van der Waals surface area contributed by atoms with Crippen molar-refractivity contribution in [2.75, 3.05) is 7.05 Å². The zero-order valence-corrected chi connectivity index (χ0v) is 13.0. The summed E-state index contributed by atoms with van der Waals surface area (Å²) < 4.78 is 14.8. The molecule has 0 spiro atoms. The highest BCUT2D eigenvalue weighted by Gasteiger charge is 2.17. The molecule has 1 unspecified atom stereocenters. The van der Waals surface area contributed by atoms with Crippen molar-refractivity contribution in [2.24, 2.45) is 0 Å². The predicted octanol–water partition coefficient (Wildman–Crippen LogP) is 4.86. The van der Waals surface area contributed by atoms with Crippen LogP contribution >= 0.6 is 27.5 Å². The van der Waals surface area contributed by atoms with Crippen molar-refractivity contribution >= 4 is 27.5 Å². The van der Waals surface area contributed by atoms with E-state index in [1.54, 1.807) is 19.2 Å². The first kappa shape index (κ1) is 14.5. The van der Waals surface area contributed by atoms with Crippen LogP contribution in [-0.2, 0) is 0 Å². The van der Waals surface area contributed by atoms with Crippen LogP contribution in [0.1, 0.15) is 22.7 Å². The van der Waals surface area contributed by atoms with Crippen LogP contribution < -0.4 is 5.32 Å². The minimum absolute atomic E-state index is 0.226. The second kappa shape index (κ2) is 6.04. The van der Waals surface area contributed by atoms with Gasteiger partial charge in [-0.2, -0.15) is 0 Å². The van der Waals surface area contributed by atoms with Crippen LogP contribution in [0.15, 0.2) is 40.9 Å². The minimum Gasteiger partial charge on any atom is -0.309 e. The van der Waals surface area contributed by atoms with Crippen LogP contribution in [0.4, 0.5) is 4.39 Å². The quantitative estimate of drug-likeness (QED) is 0.840. The lowest BCUT2D eigenvalue weighted by Crippen LogP contribution is -2.19. The van der Waals surface area contributed by atoms with Crippen molar-refractivity contribution in [1.82, 2.24) is 5.32 Å². The molecular weight excluding hydrogens is 329 g/mol. The second-order valence-electron chi connectivity index (χ2n) is 4.40. The predicted molar refractivity (Wildman–Crippen MR) is 81.2 cm³/mol. The average molecular weight is 343 g/mol. The zero-order valence-electron chi connectivity index (χ0n) is 10.7. The molecule has 0 aliphatic rings. The molecule has 0 amide bonds. The van der Waals surface area contributed by atoms with E-state index in [0.29, 0.717) is 10.6 Å². The molecule has 19 heavy (non-hydrogen) atoms. The number of benzene rings is 2. The van der Waals surface area contributed by atoms with Crippen LogP contribution in [0.2, 0.25) is 5.02 Å². The molecule has 0 saturated carbocycles. The van der Waals surface area contributed by atoms with Crippen LogP contribution in [0.3, 0.4) is 0 Å². The van der Waals surface area contributed by atoms with Gasteiger partial charge in [0.05, 0.1) is 6.04 Å². The molecule has 0 aliphatic heterocycles. The van der Waals surface area contributed by atoms with Crippen LogP contribution in [0, 0.1) is 12.7 Å². The summed E-state index contributed by atoms with van der Waals surface area (Å²) in [5, 5.41) is 3.82. The third kappa shape index (κ3) is 3.16. The van der Waals surface area contributed by atoms with Gasteiger partial charge < -0.3 is 5.32 Å².